The Morgan fingerprint density at radius 3 is 2.84 bits per heavy atom. The number of aromatic hydroxyl groups is 1. The number of hydrogen-bond donors (Lipinski definition) is 2. The molecule has 0 saturated carbocycles. The van der Waals surface area contributed by atoms with Crippen molar-refractivity contribution in [3.63, 3.8) is 0 Å². The normalized spacial score (nSPS) is 15.9. The summed E-state index contributed by atoms with van der Waals surface area (Å²) < 4.78 is 5.36. The van der Waals surface area contributed by atoms with Gasteiger partial charge in [-0.05, 0) is 60.2 Å². The molecular weight excluding hydrogens is 404 g/mol. The third kappa shape index (κ3) is 5.90. The van der Waals surface area contributed by atoms with Crippen molar-refractivity contribution in [3.05, 3.63) is 71.8 Å². The summed E-state index contributed by atoms with van der Waals surface area (Å²) >= 11 is 0. The quantitative estimate of drug-likeness (QED) is 0.589. The maximum atomic E-state index is 13.4. The Hall–Kier alpha value is -3.28. The minimum absolute atomic E-state index is 0.133. The number of methoxy groups -OCH3 is 1. The fourth-order valence-electron chi connectivity index (χ4n) is 4.40. The van der Waals surface area contributed by atoms with E-state index in [1.807, 2.05) is 12.1 Å². The molecule has 2 unspecified atom stereocenters. The molecule has 32 heavy (non-hydrogen) atoms. The van der Waals surface area contributed by atoms with E-state index in [1.165, 1.54) is 17.2 Å². The molecule has 170 valence electrons. The van der Waals surface area contributed by atoms with Crippen molar-refractivity contribution in [1.82, 2.24) is 10.2 Å². The summed E-state index contributed by atoms with van der Waals surface area (Å²) in [4.78, 5) is 27.3. The highest BCUT2D eigenvalue weighted by Crippen LogP contribution is 2.34. The summed E-state index contributed by atoms with van der Waals surface area (Å²) in [6, 6.07) is 12.2. The van der Waals surface area contributed by atoms with Crippen LogP contribution in [0.15, 0.2) is 55.1 Å². The maximum absolute atomic E-state index is 13.4. The van der Waals surface area contributed by atoms with E-state index < -0.39 is 6.04 Å². The second-order valence-corrected chi connectivity index (χ2v) is 8.36. The molecule has 1 aliphatic carbocycles. The predicted molar refractivity (Wildman–Crippen MR) is 125 cm³/mol. The van der Waals surface area contributed by atoms with Gasteiger partial charge in [0, 0.05) is 32.4 Å². The predicted octanol–water partition coefficient (Wildman–Crippen LogP) is 3.58. The van der Waals surface area contributed by atoms with Crippen LogP contribution in [-0.2, 0) is 22.4 Å². The molecule has 3 rings (SSSR count). The van der Waals surface area contributed by atoms with Gasteiger partial charge in [-0.2, -0.15) is 0 Å². The van der Waals surface area contributed by atoms with Gasteiger partial charge in [0.2, 0.25) is 11.8 Å². The van der Waals surface area contributed by atoms with Crippen molar-refractivity contribution in [2.45, 2.75) is 44.1 Å². The van der Waals surface area contributed by atoms with Gasteiger partial charge in [-0.3, -0.25) is 9.59 Å². The Balaban J connectivity index is 1.75. The molecule has 0 spiro atoms. The molecule has 2 amide bonds. The standard InChI is InChI=1S/C26H32N2O4/c1-4-7-25(30)27-24(15-18-8-5-11-21(29)14-18)26(31)28(2)17-20-10-6-9-19-16-22(32-3)12-13-23(19)20/h4-5,8,11-14,16,20,24,29H,1,6-7,9-10,15,17H2,2-3H3,(H,27,30). The Bertz CT molecular complexity index is 972. The molecular formula is C26H32N2O4. The number of amides is 2. The molecule has 2 N–H and O–H groups in total. The van der Waals surface area contributed by atoms with Crippen molar-refractivity contribution in [1.29, 1.82) is 0 Å². The van der Waals surface area contributed by atoms with E-state index in [0.29, 0.717) is 13.0 Å². The van der Waals surface area contributed by atoms with E-state index in [2.05, 4.69) is 24.0 Å². The number of rotatable bonds is 9. The lowest BCUT2D eigenvalue weighted by Crippen LogP contribution is -2.49. The Labute approximate surface area is 189 Å². The van der Waals surface area contributed by atoms with E-state index in [-0.39, 0.29) is 29.9 Å². The number of carbonyl (C=O) groups is 2. The summed E-state index contributed by atoms with van der Waals surface area (Å²) in [5.41, 5.74) is 3.32. The molecule has 0 aromatic heterocycles. The van der Waals surface area contributed by atoms with E-state index in [1.54, 1.807) is 37.3 Å². The maximum Gasteiger partial charge on any atom is 0.245 e. The monoisotopic (exact) mass is 436 g/mol. The number of phenols is 1. The number of aryl methyl sites for hydroxylation is 1. The lowest BCUT2D eigenvalue weighted by atomic mass is 9.82. The third-order valence-electron chi connectivity index (χ3n) is 5.97. The number of phenolic OH excluding ortho intramolecular Hbond substituents is 1. The number of nitrogens with zero attached hydrogens (tertiary/aromatic N) is 1. The molecule has 0 heterocycles. The van der Waals surface area contributed by atoms with Gasteiger partial charge < -0.3 is 20.1 Å². The zero-order valence-corrected chi connectivity index (χ0v) is 18.8. The van der Waals surface area contributed by atoms with Gasteiger partial charge >= 0.3 is 0 Å². The summed E-state index contributed by atoms with van der Waals surface area (Å²) in [5, 5.41) is 12.6. The smallest absolute Gasteiger partial charge is 0.245 e. The summed E-state index contributed by atoms with van der Waals surface area (Å²) in [6.07, 6.45) is 5.05. The molecule has 6 heteroatoms. The van der Waals surface area contributed by atoms with Gasteiger partial charge in [0.05, 0.1) is 7.11 Å². The highest BCUT2D eigenvalue weighted by atomic mass is 16.5. The van der Waals surface area contributed by atoms with Crippen molar-refractivity contribution < 1.29 is 19.4 Å². The number of nitrogens with one attached hydrogen (secondary N) is 1. The van der Waals surface area contributed by atoms with E-state index >= 15 is 0 Å². The fourth-order valence-corrected chi connectivity index (χ4v) is 4.40. The SMILES string of the molecule is C=CCC(=O)NC(Cc1cccc(O)c1)C(=O)N(C)CC1CCCc2cc(OC)ccc21. The first kappa shape index (κ1) is 23.4. The molecule has 6 nitrogen and oxygen atoms in total. The van der Waals surface area contributed by atoms with Gasteiger partial charge in [-0.1, -0.05) is 24.3 Å². The van der Waals surface area contributed by atoms with E-state index in [9.17, 15) is 14.7 Å². The van der Waals surface area contributed by atoms with Crippen LogP contribution >= 0.6 is 0 Å². The fraction of sp³-hybridized carbons (Fsp3) is 0.385. The van der Waals surface area contributed by atoms with Gasteiger partial charge in [0.1, 0.15) is 17.5 Å². The summed E-state index contributed by atoms with van der Waals surface area (Å²) in [7, 11) is 3.46. The Morgan fingerprint density at radius 2 is 2.12 bits per heavy atom. The van der Waals surface area contributed by atoms with Crippen LogP contribution in [0.1, 0.15) is 41.9 Å². The lowest BCUT2D eigenvalue weighted by Gasteiger charge is -2.31. The molecule has 2 aromatic carbocycles. The average molecular weight is 437 g/mol. The van der Waals surface area contributed by atoms with Crippen LogP contribution in [0.2, 0.25) is 0 Å². The van der Waals surface area contributed by atoms with Crippen molar-refractivity contribution in [3.8, 4) is 11.5 Å². The van der Waals surface area contributed by atoms with Crippen LogP contribution in [0.3, 0.4) is 0 Å². The molecule has 0 fully saturated rings. The Morgan fingerprint density at radius 1 is 1.31 bits per heavy atom. The zero-order chi connectivity index (χ0) is 23.1. The number of carbonyl (C=O) groups excluding carboxylic acids is 2. The molecule has 2 aromatic rings. The first-order valence-corrected chi connectivity index (χ1v) is 11.0. The second kappa shape index (κ2) is 10.8. The van der Waals surface area contributed by atoms with Crippen LogP contribution in [0.25, 0.3) is 0 Å². The molecule has 0 radical (unpaired) electrons. The largest absolute Gasteiger partial charge is 0.508 e. The number of ether oxygens (including phenoxy) is 1. The molecule has 1 aliphatic rings. The number of benzene rings is 2. The summed E-state index contributed by atoms with van der Waals surface area (Å²) in [5.74, 6) is 0.830. The average Bonchev–Trinajstić information content (AvgIpc) is 2.78. The topological polar surface area (TPSA) is 78.9 Å². The highest BCUT2D eigenvalue weighted by Gasteiger charge is 2.28. The molecule has 0 bridgehead atoms. The highest BCUT2D eigenvalue weighted by molar-refractivity contribution is 5.88. The van der Waals surface area contributed by atoms with E-state index in [0.717, 1.165) is 30.6 Å². The van der Waals surface area contributed by atoms with Gasteiger partial charge in [-0.15, -0.1) is 6.58 Å². The van der Waals surface area contributed by atoms with Crippen LogP contribution in [0, 0.1) is 0 Å². The first-order valence-electron chi connectivity index (χ1n) is 11.0. The minimum Gasteiger partial charge on any atom is -0.508 e. The van der Waals surface area contributed by atoms with Crippen LogP contribution in [-0.4, -0.2) is 48.6 Å². The first-order chi connectivity index (χ1) is 15.4. The third-order valence-corrected chi connectivity index (χ3v) is 5.97. The van der Waals surface area contributed by atoms with Gasteiger partial charge in [0.15, 0.2) is 0 Å². The Kier molecular flexibility index (Phi) is 7.92. The molecule has 0 aliphatic heterocycles. The van der Waals surface area contributed by atoms with Gasteiger partial charge in [-0.25, -0.2) is 0 Å². The zero-order valence-electron chi connectivity index (χ0n) is 18.8. The van der Waals surface area contributed by atoms with Crippen molar-refractivity contribution >= 4 is 11.8 Å². The van der Waals surface area contributed by atoms with Crippen LogP contribution < -0.4 is 10.1 Å². The second-order valence-electron chi connectivity index (χ2n) is 8.36. The van der Waals surface area contributed by atoms with Crippen LogP contribution in [0.5, 0.6) is 11.5 Å². The van der Waals surface area contributed by atoms with Crippen molar-refractivity contribution in [2.24, 2.45) is 0 Å². The van der Waals surface area contributed by atoms with Crippen LogP contribution in [0.4, 0.5) is 0 Å². The summed E-state index contributed by atoms with van der Waals surface area (Å²) in [6.45, 7) is 4.17. The van der Waals surface area contributed by atoms with Gasteiger partial charge in [0.25, 0.3) is 0 Å². The number of fused-ring (bicyclic) bond motifs is 1. The number of hydrogen-bond acceptors (Lipinski definition) is 4. The molecule has 0 saturated heterocycles. The van der Waals surface area contributed by atoms with E-state index in [4.69, 9.17) is 4.74 Å². The minimum atomic E-state index is -0.715. The number of likely N-dealkylation sites (N-methyl/N-ethyl adjacent to an activating group) is 1. The molecule has 2 atom stereocenters. The lowest BCUT2D eigenvalue weighted by molar-refractivity contribution is -0.135. The van der Waals surface area contributed by atoms with Crippen molar-refractivity contribution in [2.75, 3.05) is 20.7 Å².